The molecule has 0 unspecified atom stereocenters. The van der Waals surface area contributed by atoms with E-state index in [2.05, 4.69) is 20.3 Å². The average Bonchev–Trinajstić information content (AvgIpc) is 2.81. The molecule has 0 radical (unpaired) electrons. The van der Waals surface area contributed by atoms with Crippen molar-refractivity contribution in [2.45, 2.75) is 0 Å². The van der Waals surface area contributed by atoms with Crippen molar-refractivity contribution in [3.63, 3.8) is 0 Å². The van der Waals surface area contributed by atoms with E-state index in [9.17, 15) is 16.9 Å². The van der Waals surface area contributed by atoms with Gasteiger partial charge in [0.1, 0.15) is 26.1 Å². The molecule has 2 heterocycles. The van der Waals surface area contributed by atoms with Crippen LogP contribution in [0.5, 0.6) is 0 Å². The van der Waals surface area contributed by atoms with Gasteiger partial charge >= 0.3 is 36.4 Å². The fourth-order valence-corrected chi connectivity index (χ4v) is 1.70. The van der Waals surface area contributed by atoms with Crippen molar-refractivity contribution in [1.82, 2.24) is 20.3 Å². The number of hydrogen-bond donors (Lipinski definition) is 2. The summed E-state index contributed by atoms with van der Waals surface area (Å²) in [5.74, 6) is 0. The maximum atomic E-state index is 9.93. The number of H-pyrrole nitrogens is 1. The molecule has 0 aromatic carbocycles. The molecule has 24 heavy (non-hydrogen) atoms. The third-order valence-electron chi connectivity index (χ3n) is 2.32. The van der Waals surface area contributed by atoms with Crippen LogP contribution in [-0.2, 0) is 0 Å². The summed E-state index contributed by atoms with van der Waals surface area (Å²) in [5.41, 5.74) is 2.79. The average molecular weight is 466 g/mol. The molecule has 2 aromatic rings. The maximum absolute atomic E-state index is 11.2. The Hall–Kier alpha value is -1.77. The van der Waals surface area contributed by atoms with E-state index in [1.807, 2.05) is 50.4 Å². The zero-order chi connectivity index (χ0) is 18.7. The summed E-state index contributed by atoms with van der Waals surface area (Å²) in [6.07, 6.45) is 7.39. The summed E-state index contributed by atoms with van der Waals surface area (Å²) in [7, 11) is 5.84. The Morgan fingerprint density at radius 2 is 1.75 bits per heavy atom. The fourth-order valence-electron chi connectivity index (χ4n) is 1.70. The normalized spacial score (nSPS) is 15.0. The summed E-state index contributed by atoms with van der Waals surface area (Å²) in [6, 6.07) is 1.98. The van der Waals surface area contributed by atoms with Crippen LogP contribution in [0.1, 0.15) is 5.69 Å². The Labute approximate surface area is 136 Å². The quantitative estimate of drug-likeness (QED) is 0.317. The second-order valence-electron chi connectivity index (χ2n) is 4.90. The van der Waals surface area contributed by atoms with Crippen molar-refractivity contribution in [2.75, 3.05) is 21.1 Å². The standard InChI is InChI=1S/C12H15N5.6FH.Sb/c1-13-6-9(7-17(2)3)11-10-4-5-14-12(10)16-8-15-11;;;;;;;/h4-8H,1-3H3,(H,14,15,16);6*1H;/q;;;;;;;+5/p-5. The van der Waals surface area contributed by atoms with E-state index in [0.29, 0.717) is 0 Å². The molecule has 0 bridgehead atoms. The van der Waals surface area contributed by atoms with Gasteiger partial charge in [-0.1, -0.05) is 0 Å². The molecule has 0 amide bonds. The Kier molecular flexibility index (Phi) is 5.29. The van der Waals surface area contributed by atoms with E-state index in [1.54, 1.807) is 6.33 Å². The number of rotatable bonds is 3. The predicted molar refractivity (Wildman–Crippen MR) is 81.5 cm³/mol. The van der Waals surface area contributed by atoms with Gasteiger partial charge in [-0.3, -0.25) is 0 Å². The molecule has 0 aliphatic rings. The summed E-state index contributed by atoms with van der Waals surface area (Å²) < 4.78 is 61.5. The minimum atomic E-state index is -11.2. The Morgan fingerprint density at radius 3 is 2.25 bits per heavy atom. The Morgan fingerprint density at radius 1 is 1.17 bits per heavy atom. The molecule has 2 rings (SSSR count). The third kappa shape index (κ3) is 8.75. The first kappa shape index (κ1) is 20.3. The first-order chi connectivity index (χ1) is 10.7. The van der Waals surface area contributed by atoms with Crippen LogP contribution >= 0.6 is 0 Å². The van der Waals surface area contributed by atoms with Crippen LogP contribution in [0.4, 0.5) is 16.9 Å². The van der Waals surface area contributed by atoms with Gasteiger partial charge in [0, 0.05) is 24.8 Å². The number of hydrogen-bond acceptors (Lipinski definition) is 3. The number of aromatic amines is 1. The van der Waals surface area contributed by atoms with Gasteiger partial charge in [-0.05, 0) is 6.07 Å². The molecule has 5 nitrogen and oxygen atoms in total. The van der Waals surface area contributed by atoms with E-state index in [4.69, 9.17) is 0 Å². The van der Waals surface area contributed by atoms with Gasteiger partial charge in [-0.2, -0.15) is 0 Å². The monoisotopic (exact) mass is 465 g/mol. The first-order valence-corrected chi connectivity index (χ1v) is 12.2. The van der Waals surface area contributed by atoms with Crippen molar-refractivity contribution < 1.29 is 21.5 Å². The van der Waals surface area contributed by atoms with E-state index < -0.39 is 19.5 Å². The predicted octanol–water partition coefficient (Wildman–Crippen LogP) is 3.00. The van der Waals surface area contributed by atoms with Crippen LogP contribution in [0.15, 0.2) is 24.8 Å². The van der Waals surface area contributed by atoms with Gasteiger partial charge in [-0.25, -0.2) is 14.5 Å². The molecule has 0 atom stereocenters. The van der Waals surface area contributed by atoms with Crippen molar-refractivity contribution in [3.05, 3.63) is 30.5 Å². The van der Waals surface area contributed by atoms with E-state index in [-0.39, 0.29) is 0 Å². The molecule has 2 N–H and O–H groups in total. The van der Waals surface area contributed by atoms with E-state index in [0.717, 1.165) is 22.3 Å². The van der Waals surface area contributed by atoms with E-state index in [1.165, 1.54) is 0 Å². The SMILES string of the molecule is CNC=C(C=[N+](C)C)c1ncnc2[nH]ccc12.[F][Sb-]([F])([F])([F])([F])[F]. The number of nitrogens with zero attached hydrogens (tertiary/aromatic N) is 3. The van der Waals surface area contributed by atoms with Crippen LogP contribution in [0.25, 0.3) is 16.6 Å². The molecule has 0 saturated heterocycles. The van der Waals surface area contributed by atoms with Gasteiger partial charge in [0.25, 0.3) is 0 Å². The summed E-state index contributed by atoms with van der Waals surface area (Å²) >= 11 is -11.2. The Bertz CT molecular complexity index is 763. The topological polar surface area (TPSA) is 56.6 Å². The third-order valence-corrected chi connectivity index (χ3v) is 2.32. The molecule has 0 spiro atoms. The van der Waals surface area contributed by atoms with Gasteiger partial charge in [0.05, 0.1) is 11.3 Å². The van der Waals surface area contributed by atoms with Gasteiger partial charge in [0.15, 0.2) is 6.21 Å². The molecular formula is C12H16F6N5Sb. The first-order valence-electron chi connectivity index (χ1n) is 6.41. The molecule has 136 valence electrons. The molecule has 0 saturated carbocycles. The summed E-state index contributed by atoms with van der Waals surface area (Å²) in [6.45, 7) is 0. The van der Waals surface area contributed by atoms with Crippen molar-refractivity contribution in [1.29, 1.82) is 0 Å². The zero-order valence-corrected chi connectivity index (χ0v) is 15.5. The van der Waals surface area contributed by atoms with Crippen molar-refractivity contribution in [3.8, 4) is 0 Å². The number of allylic oxidation sites excluding steroid dienone is 1. The molecular weight excluding hydrogens is 450 g/mol. The second kappa shape index (κ2) is 6.27. The molecule has 0 fully saturated rings. The molecule has 0 aliphatic carbocycles. The zero-order valence-electron chi connectivity index (χ0n) is 12.9. The van der Waals surface area contributed by atoms with Crippen LogP contribution in [-0.4, -0.2) is 66.4 Å². The van der Waals surface area contributed by atoms with Gasteiger partial charge < -0.3 is 10.3 Å². The fraction of sp³-hybridized carbons (Fsp3) is 0.250. The Balaban J connectivity index is 0.000000351. The van der Waals surface area contributed by atoms with Gasteiger partial charge in [0.2, 0.25) is 0 Å². The van der Waals surface area contributed by atoms with Crippen LogP contribution in [0.2, 0.25) is 0 Å². The number of nitrogens with one attached hydrogen (secondary N) is 2. The second-order valence-corrected chi connectivity index (χ2v) is 10.4. The van der Waals surface area contributed by atoms with Crippen molar-refractivity contribution >= 4 is 42.3 Å². The van der Waals surface area contributed by atoms with E-state index >= 15 is 0 Å². The summed E-state index contributed by atoms with van der Waals surface area (Å²) in [4.78, 5) is 11.6. The summed E-state index contributed by atoms with van der Waals surface area (Å²) in [5, 5.41) is 4.06. The number of halogens is 6. The van der Waals surface area contributed by atoms with Crippen LogP contribution in [0.3, 0.4) is 0 Å². The van der Waals surface area contributed by atoms with Crippen LogP contribution in [0, 0.1) is 0 Å². The molecule has 2 aromatic heterocycles. The number of fused-ring (bicyclic) bond motifs is 1. The van der Waals surface area contributed by atoms with Crippen LogP contribution < -0.4 is 5.32 Å². The molecule has 12 heteroatoms. The minimum absolute atomic E-state index is 0.851. The van der Waals surface area contributed by atoms with Crippen molar-refractivity contribution in [2.24, 2.45) is 0 Å². The molecule has 0 aliphatic heterocycles. The number of aromatic nitrogens is 3. The van der Waals surface area contributed by atoms with Gasteiger partial charge in [-0.15, -0.1) is 0 Å².